The molecule has 14 heteroatoms. The Bertz CT molecular complexity index is 983. The van der Waals surface area contributed by atoms with Crippen LogP contribution in [0.25, 0.3) is 0 Å². The van der Waals surface area contributed by atoms with E-state index in [1.54, 1.807) is 0 Å². The molecule has 0 spiro atoms. The zero-order valence-corrected chi connectivity index (χ0v) is 18.9. The van der Waals surface area contributed by atoms with Gasteiger partial charge < -0.3 is 25.4 Å². The first-order valence-electron chi connectivity index (χ1n) is 9.24. The van der Waals surface area contributed by atoms with Gasteiger partial charge in [-0.15, -0.1) is 0 Å². The predicted octanol–water partition coefficient (Wildman–Crippen LogP) is 3.59. The van der Waals surface area contributed by atoms with Gasteiger partial charge in [0.05, 0.1) is 24.3 Å². The average Bonchev–Trinajstić information content (AvgIpc) is 2.68. The van der Waals surface area contributed by atoms with Crippen LogP contribution in [0.3, 0.4) is 0 Å². The van der Waals surface area contributed by atoms with Crippen LogP contribution in [0.2, 0.25) is 5.02 Å². The van der Waals surface area contributed by atoms with Gasteiger partial charge in [-0.25, -0.2) is 4.57 Å². The summed E-state index contributed by atoms with van der Waals surface area (Å²) in [6, 6.07) is 6.32. The van der Waals surface area contributed by atoms with Crippen molar-refractivity contribution < 1.29 is 47.1 Å². The Morgan fingerprint density at radius 1 is 1.09 bits per heavy atom. The van der Waals surface area contributed by atoms with Crippen LogP contribution in [-0.2, 0) is 10.7 Å². The maximum Gasteiger partial charge on any atom is 0.524 e. The zero-order valence-electron chi connectivity index (χ0n) is 17.3. The van der Waals surface area contributed by atoms with Crippen molar-refractivity contribution in [2.75, 3.05) is 31.6 Å². The van der Waals surface area contributed by atoms with E-state index in [-0.39, 0.29) is 42.5 Å². The molecule has 0 aromatic heterocycles. The van der Waals surface area contributed by atoms with Crippen LogP contribution in [0.4, 0.5) is 18.9 Å². The highest BCUT2D eigenvalue weighted by molar-refractivity contribution is 7.46. The van der Waals surface area contributed by atoms with Crippen molar-refractivity contribution in [3.63, 3.8) is 0 Å². The van der Waals surface area contributed by atoms with Gasteiger partial charge in [0.2, 0.25) is 0 Å². The summed E-state index contributed by atoms with van der Waals surface area (Å²) in [5, 5.41) is 21.4. The van der Waals surface area contributed by atoms with E-state index in [4.69, 9.17) is 31.6 Å². The summed E-state index contributed by atoms with van der Waals surface area (Å²) in [5.74, 6) is -1.42. The number of anilines is 1. The molecule has 6 N–H and O–H groups in total. The van der Waals surface area contributed by atoms with Gasteiger partial charge in [0.15, 0.2) is 0 Å². The number of phosphoric ester groups is 1. The molecule has 2 aromatic rings. The minimum Gasteiger partial charge on any atom is -0.403 e. The minimum absolute atomic E-state index is 0. The van der Waals surface area contributed by atoms with E-state index in [2.05, 4.69) is 15.2 Å². The standard InChI is InChI=1S/C15H12ClF3NO5P.C4H11NO2.CH4/c1-8-4-9(15(17,18)19)6-11(5-8)20-14(21)12-7-10(16)2-3-13(12)25-26(22,23)24;6-3-1-5-2-4-7;/h2-7H,1H3,(H,20,21)(H2,22,23,24);5-7H,1-4H2;1H4. The second kappa shape index (κ2) is 14.3. The molecule has 0 heterocycles. The molecule has 0 radical (unpaired) electrons. The van der Waals surface area contributed by atoms with Crippen LogP contribution in [0, 0.1) is 6.92 Å². The largest absolute Gasteiger partial charge is 0.524 e. The van der Waals surface area contributed by atoms with Gasteiger partial charge >= 0.3 is 14.0 Å². The van der Waals surface area contributed by atoms with Crippen LogP contribution >= 0.6 is 19.4 Å². The van der Waals surface area contributed by atoms with Crippen molar-refractivity contribution in [3.8, 4) is 5.75 Å². The topological polar surface area (TPSA) is 148 Å². The van der Waals surface area contributed by atoms with Crippen LogP contribution in [0.15, 0.2) is 36.4 Å². The Balaban J connectivity index is 0.00000119. The lowest BCUT2D eigenvalue weighted by Crippen LogP contribution is -2.21. The molecule has 0 bridgehead atoms. The predicted molar refractivity (Wildman–Crippen MR) is 122 cm³/mol. The first-order valence-corrected chi connectivity index (χ1v) is 11.1. The van der Waals surface area contributed by atoms with Crippen LogP contribution in [-0.4, -0.2) is 52.2 Å². The maximum absolute atomic E-state index is 12.9. The third-order valence-corrected chi connectivity index (χ3v) is 4.31. The zero-order chi connectivity index (χ0) is 25.2. The summed E-state index contributed by atoms with van der Waals surface area (Å²) >= 11 is 5.77. The Kier molecular flexibility index (Phi) is 13.4. The Morgan fingerprint density at radius 3 is 2.18 bits per heavy atom. The molecule has 2 rings (SSSR count). The number of aliphatic hydroxyl groups is 2. The highest BCUT2D eigenvalue weighted by Crippen LogP contribution is 2.40. The number of benzene rings is 2. The number of aryl methyl sites for hydroxylation is 1. The van der Waals surface area contributed by atoms with Crippen molar-refractivity contribution in [2.45, 2.75) is 20.5 Å². The van der Waals surface area contributed by atoms with Crippen molar-refractivity contribution in [1.29, 1.82) is 0 Å². The summed E-state index contributed by atoms with van der Waals surface area (Å²) in [6.07, 6.45) is -4.60. The Morgan fingerprint density at radius 2 is 1.68 bits per heavy atom. The molecule has 192 valence electrons. The van der Waals surface area contributed by atoms with Crippen molar-refractivity contribution in [3.05, 3.63) is 58.1 Å². The smallest absolute Gasteiger partial charge is 0.403 e. The van der Waals surface area contributed by atoms with Gasteiger partial charge in [-0.05, 0) is 48.9 Å². The highest BCUT2D eigenvalue weighted by atomic mass is 35.5. The van der Waals surface area contributed by atoms with E-state index in [0.717, 1.165) is 24.3 Å². The van der Waals surface area contributed by atoms with E-state index in [9.17, 15) is 22.5 Å². The van der Waals surface area contributed by atoms with Crippen LogP contribution in [0.5, 0.6) is 5.75 Å². The maximum atomic E-state index is 12.9. The molecule has 0 aliphatic carbocycles. The molecule has 0 aliphatic rings. The van der Waals surface area contributed by atoms with Gasteiger partial charge in [0.1, 0.15) is 5.75 Å². The highest BCUT2D eigenvalue weighted by Gasteiger charge is 2.31. The Hall–Kier alpha value is -2.18. The van der Waals surface area contributed by atoms with Crippen molar-refractivity contribution in [1.82, 2.24) is 5.32 Å². The number of rotatable bonds is 8. The Labute approximate surface area is 199 Å². The molecule has 34 heavy (non-hydrogen) atoms. The number of phosphoric acid groups is 1. The number of hydrogen-bond donors (Lipinski definition) is 6. The monoisotopic (exact) mass is 530 g/mol. The second-order valence-corrected chi connectivity index (χ2v) is 8.06. The number of alkyl halides is 3. The number of amides is 1. The fraction of sp³-hybridized carbons (Fsp3) is 0.350. The van der Waals surface area contributed by atoms with Gasteiger partial charge in [-0.3, -0.25) is 14.6 Å². The molecular weight excluding hydrogens is 504 g/mol. The fourth-order valence-electron chi connectivity index (χ4n) is 2.39. The molecule has 9 nitrogen and oxygen atoms in total. The molecule has 1 amide bonds. The first-order chi connectivity index (χ1) is 15.3. The minimum atomic E-state index is -4.96. The molecule has 2 aromatic carbocycles. The summed E-state index contributed by atoms with van der Waals surface area (Å²) in [6.45, 7) is 2.84. The molecule has 0 fully saturated rings. The molecule has 0 atom stereocenters. The van der Waals surface area contributed by atoms with E-state index in [1.807, 2.05) is 0 Å². The summed E-state index contributed by atoms with van der Waals surface area (Å²) in [7, 11) is -4.96. The number of carbonyl (C=O) groups is 1. The number of nitrogens with one attached hydrogen (secondary N) is 2. The van der Waals surface area contributed by atoms with Crippen LogP contribution < -0.4 is 15.2 Å². The summed E-state index contributed by atoms with van der Waals surface area (Å²) < 4.78 is 54.0. The molecular formula is C20H27ClF3N2O7P. The third kappa shape index (κ3) is 11.8. The molecule has 0 saturated heterocycles. The number of aliphatic hydroxyl groups excluding tert-OH is 2. The number of hydrogen-bond acceptors (Lipinski definition) is 6. The van der Waals surface area contributed by atoms with Gasteiger partial charge in [0.25, 0.3) is 5.91 Å². The normalized spacial score (nSPS) is 11.1. The SMILES string of the molecule is C.Cc1cc(NC(=O)c2cc(Cl)ccc2OP(=O)(O)O)cc(C(F)(F)F)c1.OCCNCCO. The van der Waals surface area contributed by atoms with E-state index < -0.39 is 31.2 Å². The van der Waals surface area contributed by atoms with E-state index in [1.165, 1.54) is 19.1 Å². The fourth-order valence-corrected chi connectivity index (χ4v) is 2.98. The summed E-state index contributed by atoms with van der Waals surface area (Å²) in [5.41, 5.74) is -1.20. The second-order valence-electron chi connectivity index (χ2n) is 6.46. The molecule has 0 saturated carbocycles. The van der Waals surface area contributed by atoms with Crippen molar-refractivity contribution >= 4 is 31.0 Å². The first kappa shape index (κ1) is 31.8. The van der Waals surface area contributed by atoms with E-state index in [0.29, 0.717) is 13.1 Å². The van der Waals surface area contributed by atoms with Gasteiger partial charge in [0, 0.05) is 23.8 Å². The third-order valence-electron chi connectivity index (χ3n) is 3.64. The van der Waals surface area contributed by atoms with Crippen LogP contribution in [0.1, 0.15) is 28.9 Å². The number of halogens is 4. The van der Waals surface area contributed by atoms with E-state index >= 15 is 0 Å². The lowest BCUT2D eigenvalue weighted by atomic mass is 10.1. The lowest BCUT2D eigenvalue weighted by molar-refractivity contribution is -0.137. The van der Waals surface area contributed by atoms with Crippen molar-refractivity contribution in [2.24, 2.45) is 0 Å². The van der Waals surface area contributed by atoms with Gasteiger partial charge in [-0.2, -0.15) is 13.2 Å². The molecule has 0 aliphatic heterocycles. The summed E-state index contributed by atoms with van der Waals surface area (Å²) in [4.78, 5) is 30.2. The number of carbonyl (C=O) groups excluding carboxylic acids is 1. The van der Waals surface area contributed by atoms with Gasteiger partial charge in [-0.1, -0.05) is 19.0 Å². The average molecular weight is 531 g/mol. The lowest BCUT2D eigenvalue weighted by Gasteiger charge is -2.14. The molecule has 0 unspecified atom stereocenters. The quantitative estimate of drug-likeness (QED) is 0.224.